The van der Waals surface area contributed by atoms with Gasteiger partial charge in [0.15, 0.2) is 0 Å². The van der Waals surface area contributed by atoms with Crippen molar-refractivity contribution in [3.8, 4) is 11.1 Å². The molecular formula is C32H35N3O4. The summed E-state index contributed by atoms with van der Waals surface area (Å²) in [7, 11) is 0. The molecule has 3 aliphatic rings. The van der Waals surface area contributed by atoms with Gasteiger partial charge in [-0.1, -0.05) is 54.6 Å². The molecule has 0 bridgehead atoms. The maximum Gasteiger partial charge on any atom is 0.329 e. The second-order valence-electron chi connectivity index (χ2n) is 11.8. The van der Waals surface area contributed by atoms with E-state index in [1.54, 1.807) is 0 Å². The van der Waals surface area contributed by atoms with Crippen LogP contribution >= 0.6 is 0 Å². The van der Waals surface area contributed by atoms with E-state index >= 15 is 0 Å². The van der Waals surface area contributed by atoms with Crippen LogP contribution in [0.15, 0.2) is 60.7 Å². The lowest BCUT2D eigenvalue weighted by Crippen LogP contribution is -2.51. The summed E-state index contributed by atoms with van der Waals surface area (Å²) in [6.07, 6.45) is 3.27. The van der Waals surface area contributed by atoms with Crippen molar-refractivity contribution >= 4 is 23.3 Å². The SMILES string of the molecule is CC(C)(C)OC(=O)[C@H]1Nc2c(ccc3c2-c2ccccc2CN3O)CC1C(=O)N[C@@H]1CCCc2ccccc21. The fraction of sp³-hybridized carbons (Fsp3) is 0.375. The van der Waals surface area contributed by atoms with Crippen LogP contribution in [0.2, 0.25) is 0 Å². The van der Waals surface area contributed by atoms with Crippen LogP contribution in [0.3, 0.4) is 0 Å². The predicted octanol–water partition coefficient (Wildman–Crippen LogP) is 5.55. The molecule has 202 valence electrons. The molecule has 7 heteroatoms. The summed E-state index contributed by atoms with van der Waals surface area (Å²) in [6.45, 7) is 5.87. The summed E-state index contributed by atoms with van der Waals surface area (Å²) in [6, 6.07) is 19.1. The van der Waals surface area contributed by atoms with Crippen molar-refractivity contribution in [1.29, 1.82) is 0 Å². The van der Waals surface area contributed by atoms with E-state index in [-0.39, 0.29) is 11.9 Å². The van der Waals surface area contributed by atoms with Crippen molar-refractivity contribution < 1.29 is 19.5 Å². The highest BCUT2D eigenvalue weighted by Crippen LogP contribution is 2.47. The zero-order valence-electron chi connectivity index (χ0n) is 22.7. The molecule has 1 amide bonds. The van der Waals surface area contributed by atoms with Gasteiger partial charge < -0.3 is 15.4 Å². The average Bonchev–Trinajstić information content (AvgIpc) is 2.91. The maximum atomic E-state index is 13.9. The number of ether oxygens (including phenoxy) is 1. The standard InChI is InChI=1S/C32H35N3O4/c1-32(2,3)39-31(37)29-24(30(36)33-25-14-8-11-19-9-4-6-12-22(19)25)17-20-15-16-26-27(28(20)34-29)23-13-7-5-10-21(23)18-35(26)38/h4-7,9-10,12-13,15-16,24-25,29,34,38H,8,11,14,17-18H2,1-3H3,(H,33,36)/t24?,25-,29+/m1/s1. The Hall–Kier alpha value is -3.84. The van der Waals surface area contributed by atoms with Gasteiger partial charge in [-0.15, -0.1) is 0 Å². The number of amides is 1. The van der Waals surface area contributed by atoms with E-state index in [4.69, 9.17) is 4.74 Å². The summed E-state index contributed by atoms with van der Waals surface area (Å²) in [5.74, 6) is -1.27. The summed E-state index contributed by atoms with van der Waals surface area (Å²) in [4.78, 5) is 27.5. The van der Waals surface area contributed by atoms with Gasteiger partial charge in [0, 0.05) is 11.3 Å². The highest BCUT2D eigenvalue weighted by atomic mass is 16.6. The fourth-order valence-electron chi connectivity index (χ4n) is 6.23. The van der Waals surface area contributed by atoms with Crippen molar-refractivity contribution in [1.82, 2.24) is 5.32 Å². The summed E-state index contributed by atoms with van der Waals surface area (Å²) < 4.78 is 5.81. The van der Waals surface area contributed by atoms with Crippen LogP contribution in [0.25, 0.3) is 11.1 Å². The van der Waals surface area contributed by atoms with Crippen LogP contribution in [0.5, 0.6) is 0 Å². The third-order valence-electron chi connectivity index (χ3n) is 7.98. The van der Waals surface area contributed by atoms with E-state index in [9.17, 15) is 14.8 Å². The lowest BCUT2D eigenvalue weighted by molar-refractivity contribution is -0.158. The minimum Gasteiger partial charge on any atom is -0.458 e. The predicted molar refractivity (Wildman–Crippen MR) is 151 cm³/mol. The second-order valence-corrected chi connectivity index (χ2v) is 11.8. The monoisotopic (exact) mass is 525 g/mol. The van der Waals surface area contributed by atoms with E-state index in [1.807, 2.05) is 69.3 Å². The molecule has 3 aromatic carbocycles. The molecule has 39 heavy (non-hydrogen) atoms. The highest BCUT2D eigenvalue weighted by molar-refractivity contribution is 5.98. The first-order chi connectivity index (χ1) is 18.7. The molecule has 2 heterocycles. The topological polar surface area (TPSA) is 90.9 Å². The Kier molecular flexibility index (Phi) is 6.34. The van der Waals surface area contributed by atoms with Gasteiger partial charge in [-0.05, 0) is 80.3 Å². The number of nitrogens with zero attached hydrogens (tertiary/aromatic N) is 1. The first-order valence-electron chi connectivity index (χ1n) is 13.8. The molecule has 3 atom stereocenters. The molecule has 1 unspecified atom stereocenters. The van der Waals surface area contributed by atoms with Gasteiger partial charge in [-0.2, -0.15) is 0 Å². The summed E-state index contributed by atoms with van der Waals surface area (Å²) >= 11 is 0. The van der Waals surface area contributed by atoms with Crippen LogP contribution in [0, 0.1) is 5.92 Å². The Morgan fingerprint density at radius 2 is 1.74 bits per heavy atom. The molecule has 0 saturated heterocycles. The zero-order valence-corrected chi connectivity index (χ0v) is 22.7. The maximum absolute atomic E-state index is 13.9. The van der Waals surface area contributed by atoms with E-state index < -0.39 is 23.5 Å². The number of carbonyl (C=O) groups is 2. The number of nitrogens with one attached hydrogen (secondary N) is 2. The Balaban J connectivity index is 1.38. The number of benzene rings is 3. The van der Waals surface area contributed by atoms with Crippen molar-refractivity contribution in [3.63, 3.8) is 0 Å². The second kappa shape index (κ2) is 9.72. The van der Waals surface area contributed by atoms with E-state index in [2.05, 4.69) is 22.8 Å². The number of anilines is 2. The Morgan fingerprint density at radius 3 is 2.54 bits per heavy atom. The Labute approximate surface area is 229 Å². The van der Waals surface area contributed by atoms with Crippen molar-refractivity contribution in [3.05, 3.63) is 82.9 Å². The lowest BCUT2D eigenvalue weighted by atomic mass is 9.81. The average molecular weight is 526 g/mol. The van der Waals surface area contributed by atoms with Crippen LogP contribution in [0.4, 0.5) is 11.4 Å². The molecule has 0 spiro atoms. The molecular weight excluding hydrogens is 490 g/mol. The van der Waals surface area contributed by atoms with Crippen LogP contribution in [-0.2, 0) is 33.7 Å². The molecule has 2 aliphatic heterocycles. The number of carbonyl (C=O) groups excluding carboxylic acids is 2. The van der Waals surface area contributed by atoms with Gasteiger partial charge in [-0.25, -0.2) is 4.79 Å². The lowest BCUT2D eigenvalue weighted by Gasteiger charge is -2.38. The number of hydroxylamine groups is 1. The van der Waals surface area contributed by atoms with E-state index in [1.165, 1.54) is 10.6 Å². The minimum absolute atomic E-state index is 0.0820. The van der Waals surface area contributed by atoms with Gasteiger partial charge in [0.2, 0.25) is 5.91 Å². The first-order valence-corrected chi connectivity index (χ1v) is 13.8. The molecule has 7 nitrogen and oxygen atoms in total. The van der Waals surface area contributed by atoms with Crippen LogP contribution in [-0.4, -0.2) is 28.7 Å². The van der Waals surface area contributed by atoms with E-state index in [0.29, 0.717) is 18.7 Å². The quantitative estimate of drug-likeness (QED) is 0.389. The molecule has 0 fully saturated rings. The fourth-order valence-corrected chi connectivity index (χ4v) is 6.23. The summed E-state index contributed by atoms with van der Waals surface area (Å²) in [5.41, 5.74) is 6.93. The third-order valence-corrected chi connectivity index (χ3v) is 7.98. The number of rotatable bonds is 3. The highest BCUT2D eigenvalue weighted by Gasteiger charge is 2.43. The molecule has 0 radical (unpaired) electrons. The Bertz CT molecular complexity index is 1440. The molecule has 3 aromatic rings. The van der Waals surface area contributed by atoms with Gasteiger partial charge in [0.05, 0.1) is 24.2 Å². The van der Waals surface area contributed by atoms with Crippen molar-refractivity contribution in [2.45, 2.75) is 70.7 Å². The smallest absolute Gasteiger partial charge is 0.329 e. The van der Waals surface area contributed by atoms with Gasteiger partial charge in [-0.3, -0.25) is 15.1 Å². The molecule has 3 N–H and O–H groups in total. The molecule has 0 saturated carbocycles. The van der Waals surface area contributed by atoms with Crippen molar-refractivity contribution in [2.24, 2.45) is 5.92 Å². The minimum atomic E-state index is -0.872. The first kappa shape index (κ1) is 25.4. The van der Waals surface area contributed by atoms with Gasteiger partial charge >= 0.3 is 5.97 Å². The third kappa shape index (κ3) is 4.76. The Morgan fingerprint density at radius 1 is 1.00 bits per heavy atom. The van der Waals surface area contributed by atoms with Gasteiger partial charge in [0.25, 0.3) is 0 Å². The van der Waals surface area contributed by atoms with Crippen molar-refractivity contribution in [2.75, 3.05) is 10.4 Å². The summed E-state index contributed by atoms with van der Waals surface area (Å²) in [5, 5.41) is 18.7. The number of fused-ring (bicyclic) bond motifs is 6. The molecule has 1 aliphatic carbocycles. The van der Waals surface area contributed by atoms with Gasteiger partial charge in [0.1, 0.15) is 11.6 Å². The van der Waals surface area contributed by atoms with Crippen LogP contribution < -0.4 is 15.7 Å². The number of hydrogen-bond donors (Lipinski definition) is 3. The largest absolute Gasteiger partial charge is 0.458 e. The number of aryl methyl sites for hydroxylation is 1. The van der Waals surface area contributed by atoms with Crippen LogP contribution in [0.1, 0.15) is 61.9 Å². The molecule has 0 aromatic heterocycles. The zero-order chi connectivity index (χ0) is 27.3. The normalized spacial score (nSPS) is 21.4. The molecule has 6 rings (SSSR count). The van der Waals surface area contributed by atoms with E-state index in [0.717, 1.165) is 52.8 Å². The number of esters is 1. The number of hydrogen-bond acceptors (Lipinski definition) is 6.